The number of aromatic nitrogens is 2. The number of imidazole rings is 1. The standard InChI is InChI=1S/C16H11F2N3/c1-21-15-6-5-10(9-19)7-14(15)20-16(21)8-11-12(17)3-2-4-13(11)18/h2-7H,8H2,1H3. The van der Waals surface area contributed by atoms with Crippen LogP contribution in [0.2, 0.25) is 0 Å². The molecule has 0 aliphatic heterocycles. The predicted octanol–water partition coefficient (Wildman–Crippen LogP) is 3.31. The average molecular weight is 283 g/mol. The van der Waals surface area contributed by atoms with Crippen LogP contribution in [0, 0.1) is 23.0 Å². The van der Waals surface area contributed by atoms with Crippen molar-refractivity contribution in [3.8, 4) is 6.07 Å². The van der Waals surface area contributed by atoms with Crippen molar-refractivity contribution in [3.05, 3.63) is 65.0 Å². The minimum absolute atomic E-state index is 0.00332. The van der Waals surface area contributed by atoms with E-state index in [9.17, 15) is 8.78 Å². The van der Waals surface area contributed by atoms with E-state index in [1.54, 1.807) is 29.8 Å². The minimum Gasteiger partial charge on any atom is -0.331 e. The zero-order chi connectivity index (χ0) is 15.0. The Kier molecular flexibility index (Phi) is 3.15. The van der Waals surface area contributed by atoms with Crippen molar-refractivity contribution in [3.63, 3.8) is 0 Å². The van der Waals surface area contributed by atoms with Crippen molar-refractivity contribution >= 4 is 11.0 Å². The molecule has 5 heteroatoms. The minimum atomic E-state index is -0.584. The maximum atomic E-state index is 13.7. The van der Waals surface area contributed by atoms with Crippen molar-refractivity contribution in [2.45, 2.75) is 6.42 Å². The molecule has 0 radical (unpaired) electrons. The van der Waals surface area contributed by atoms with Crippen molar-refractivity contribution in [2.24, 2.45) is 7.05 Å². The van der Waals surface area contributed by atoms with Gasteiger partial charge in [0.2, 0.25) is 0 Å². The quantitative estimate of drug-likeness (QED) is 0.724. The lowest BCUT2D eigenvalue weighted by Crippen LogP contribution is -2.03. The third-order valence-corrected chi connectivity index (χ3v) is 3.50. The summed E-state index contributed by atoms with van der Waals surface area (Å²) in [6, 6.07) is 11.0. The molecule has 1 aromatic heterocycles. The summed E-state index contributed by atoms with van der Waals surface area (Å²) in [5.74, 6) is -0.622. The highest BCUT2D eigenvalue weighted by molar-refractivity contribution is 5.77. The van der Waals surface area contributed by atoms with Crippen molar-refractivity contribution < 1.29 is 8.78 Å². The summed E-state index contributed by atoms with van der Waals surface area (Å²) < 4.78 is 29.2. The number of hydrogen-bond donors (Lipinski definition) is 0. The van der Waals surface area contributed by atoms with Gasteiger partial charge in [-0.3, -0.25) is 0 Å². The Hall–Kier alpha value is -2.74. The number of aryl methyl sites for hydroxylation is 1. The van der Waals surface area contributed by atoms with Crippen LogP contribution in [0.1, 0.15) is 17.0 Å². The molecule has 0 spiro atoms. The van der Waals surface area contributed by atoms with E-state index in [1.807, 2.05) is 6.07 Å². The smallest absolute Gasteiger partial charge is 0.129 e. The van der Waals surface area contributed by atoms with Crippen LogP contribution in [-0.4, -0.2) is 9.55 Å². The molecular formula is C16H11F2N3. The molecule has 0 amide bonds. The second-order valence-electron chi connectivity index (χ2n) is 4.78. The topological polar surface area (TPSA) is 41.6 Å². The fourth-order valence-corrected chi connectivity index (χ4v) is 2.34. The molecule has 0 bridgehead atoms. The van der Waals surface area contributed by atoms with Crippen LogP contribution in [0.25, 0.3) is 11.0 Å². The summed E-state index contributed by atoms with van der Waals surface area (Å²) in [5, 5.41) is 8.90. The highest BCUT2D eigenvalue weighted by atomic mass is 19.1. The Bertz CT molecular complexity index is 855. The van der Waals surface area contributed by atoms with Crippen molar-refractivity contribution in [1.82, 2.24) is 9.55 Å². The van der Waals surface area contributed by atoms with Gasteiger partial charge in [0.25, 0.3) is 0 Å². The molecule has 0 unspecified atom stereocenters. The van der Waals surface area contributed by atoms with Gasteiger partial charge in [0.1, 0.15) is 17.5 Å². The molecule has 2 aromatic carbocycles. The molecule has 0 saturated heterocycles. The highest BCUT2D eigenvalue weighted by Crippen LogP contribution is 2.21. The van der Waals surface area contributed by atoms with Crippen LogP contribution in [0.5, 0.6) is 0 Å². The van der Waals surface area contributed by atoms with Gasteiger partial charge in [-0.15, -0.1) is 0 Å². The summed E-state index contributed by atoms with van der Waals surface area (Å²) >= 11 is 0. The largest absolute Gasteiger partial charge is 0.331 e. The summed E-state index contributed by atoms with van der Waals surface area (Å²) in [6.07, 6.45) is 0.0611. The van der Waals surface area contributed by atoms with Crippen LogP contribution in [0.15, 0.2) is 36.4 Å². The normalized spacial score (nSPS) is 10.8. The summed E-state index contributed by atoms with van der Waals surface area (Å²) in [5.41, 5.74) is 1.96. The SMILES string of the molecule is Cn1c(Cc2c(F)cccc2F)nc2cc(C#N)ccc21. The lowest BCUT2D eigenvalue weighted by atomic mass is 10.1. The molecule has 0 fully saturated rings. The lowest BCUT2D eigenvalue weighted by Gasteiger charge is -2.05. The number of nitriles is 1. The maximum absolute atomic E-state index is 13.7. The second kappa shape index (κ2) is 4.98. The van der Waals surface area contributed by atoms with Gasteiger partial charge >= 0.3 is 0 Å². The fourth-order valence-electron chi connectivity index (χ4n) is 2.34. The number of hydrogen-bond acceptors (Lipinski definition) is 2. The van der Waals surface area contributed by atoms with Gasteiger partial charge in [0, 0.05) is 19.0 Å². The van der Waals surface area contributed by atoms with Crippen molar-refractivity contribution in [2.75, 3.05) is 0 Å². The third-order valence-electron chi connectivity index (χ3n) is 3.50. The van der Waals surface area contributed by atoms with Crippen LogP contribution in [-0.2, 0) is 13.5 Å². The number of halogens is 2. The van der Waals surface area contributed by atoms with E-state index < -0.39 is 11.6 Å². The molecule has 0 atom stereocenters. The van der Waals surface area contributed by atoms with Gasteiger partial charge in [-0.2, -0.15) is 5.26 Å². The molecule has 1 heterocycles. The third kappa shape index (κ3) is 2.25. The van der Waals surface area contributed by atoms with Gasteiger partial charge in [-0.05, 0) is 30.3 Å². The maximum Gasteiger partial charge on any atom is 0.129 e. The van der Waals surface area contributed by atoms with Gasteiger partial charge in [0.05, 0.1) is 22.7 Å². The van der Waals surface area contributed by atoms with Gasteiger partial charge in [-0.1, -0.05) is 6.07 Å². The Morgan fingerprint density at radius 2 is 1.90 bits per heavy atom. The molecule has 3 rings (SSSR count). The molecule has 3 nitrogen and oxygen atoms in total. The van der Waals surface area contributed by atoms with Crippen LogP contribution in [0.4, 0.5) is 8.78 Å². The molecule has 0 N–H and O–H groups in total. The number of benzene rings is 2. The van der Waals surface area contributed by atoms with E-state index >= 15 is 0 Å². The second-order valence-corrected chi connectivity index (χ2v) is 4.78. The first-order valence-corrected chi connectivity index (χ1v) is 6.38. The molecule has 104 valence electrons. The molecule has 21 heavy (non-hydrogen) atoms. The molecule has 0 aliphatic carbocycles. The Morgan fingerprint density at radius 1 is 1.19 bits per heavy atom. The average Bonchev–Trinajstić information content (AvgIpc) is 2.79. The number of nitrogens with zero attached hydrogens (tertiary/aromatic N) is 3. The van der Waals surface area contributed by atoms with Crippen LogP contribution in [0.3, 0.4) is 0 Å². The zero-order valence-electron chi connectivity index (χ0n) is 11.3. The number of rotatable bonds is 2. The van der Waals surface area contributed by atoms with E-state index in [0.29, 0.717) is 16.9 Å². The van der Waals surface area contributed by atoms with Gasteiger partial charge in [0.15, 0.2) is 0 Å². The molecule has 3 aromatic rings. The van der Waals surface area contributed by atoms with Gasteiger partial charge < -0.3 is 4.57 Å². The van der Waals surface area contributed by atoms with E-state index in [4.69, 9.17) is 5.26 Å². The molecular weight excluding hydrogens is 272 g/mol. The van der Waals surface area contributed by atoms with E-state index in [-0.39, 0.29) is 12.0 Å². The van der Waals surface area contributed by atoms with Crippen molar-refractivity contribution in [1.29, 1.82) is 5.26 Å². The fraction of sp³-hybridized carbons (Fsp3) is 0.125. The predicted molar refractivity (Wildman–Crippen MR) is 74.6 cm³/mol. The first-order chi connectivity index (χ1) is 10.1. The van der Waals surface area contributed by atoms with Crippen LogP contribution < -0.4 is 0 Å². The zero-order valence-corrected chi connectivity index (χ0v) is 11.3. The Morgan fingerprint density at radius 3 is 2.57 bits per heavy atom. The highest BCUT2D eigenvalue weighted by Gasteiger charge is 2.14. The summed E-state index contributed by atoms with van der Waals surface area (Å²) in [7, 11) is 1.79. The number of fused-ring (bicyclic) bond motifs is 1. The molecule has 0 aliphatic rings. The Labute approximate surface area is 120 Å². The van der Waals surface area contributed by atoms with Gasteiger partial charge in [-0.25, -0.2) is 13.8 Å². The van der Waals surface area contributed by atoms with E-state index in [1.165, 1.54) is 18.2 Å². The summed E-state index contributed by atoms with van der Waals surface area (Å²) in [6.45, 7) is 0. The van der Waals surface area contributed by atoms with E-state index in [0.717, 1.165) is 5.52 Å². The first kappa shape index (κ1) is 13.3. The first-order valence-electron chi connectivity index (χ1n) is 6.38. The monoisotopic (exact) mass is 283 g/mol. The lowest BCUT2D eigenvalue weighted by molar-refractivity contribution is 0.558. The van der Waals surface area contributed by atoms with E-state index in [2.05, 4.69) is 4.98 Å². The van der Waals surface area contributed by atoms with Crippen LogP contribution >= 0.6 is 0 Å². The summed E-state index contributed by atoms with van der Waals surface area (Å²) in [4.78, 5) is 4.38. The Balaban J connectivity index is 2.09. The molecule has 0 saturated carbocycles.